The molecule has 0 saturated carbocycles. The highest BCUT2D eigenvalue weighted by Gasteiger charge is 2.23. The van der Waals surface area contributed by atoms with Crippen molar-refractivity contribution in [1.29, 1.82) is 0 Å². The maximum Gasteiger partial charge on any atom is 0.105 e. The SMILES string of the molecule is OC(c1ccc2ncccc2c1)C1CCCCO1. The molecule has 0 bridgehead atoms. The summed E-state index contributed by atoms with van der Waals surface area (Å²) >= 11 is 0. The third-order valence-corrected chi connectivity index (χ3v) is 3.54. The third-order valence-electron chi connectivity index (χ3n) is 3.54. The van der Waals surface area contributed by atoms with Gasteiger partial charge < -0.3 is 9.84 Å². The van der Waals surface area contributed by atoms with E-state index in [0.717, 1.165) is 42.3 Å². The van der Waals surface area contributed by atoms with Crippen molar-refractivity contribution in [3.8, 4) is 0 Å². The summed E-state index contributed by atoms with van der Waals surface area (Å²) in [4.78, 5) is 4.28. The second-order valence-electron chi connectivity index (χ2n) is 4.81. The summed E-state index contributed by atoms with van der Waals surface area (Å²) in [7, 11) is 0. The van der Waals surface area contributed by atoms with E-state index in [1.54, 1.807) is 6.20 Å². The van der Waals surface area contributed by atoms with Crippen LogP contribution in [0, 0.1) is 0 Å². The lowest BCUT2D eigenvalue weighted by Crippen LogP contribution is -2.26. The van der Waals surface area contributed by atoms with Gasteiger partial charge in [-0.3, -0.25) is 4.98 Å². The highest BCUT2D eigenvalue weighted by Crippen LogP contribution is 2.27. The lowest BCUT2D eigenvalue weighted by molar-refractivity contribution is -0.0632. The summed E-state index contributed by atoms with van der Waals surface area (Å²) in [6, 6.07) is 9.83. The van der Waals surface area contributed by atoms with E-state index in [1.165, 1.54) is 0 Å². The lowest BCUT2D eigenvalue weighted by Gasteiger charge is -2.27. The van der Waals surface area contributed by atoms with Crippen LogP contribution in [0.1, 0.15) is 30.9 Å². The van der Waals surface area contributed by atoms with Crippen molar-refractivity contribution in [1.82, 2.24) is 4.98 Å². The number of pyridine rings is 1. The second-order valence-corrected chi connectivity index (χ2v) is 4.81. The van der Waals surface area contributed by atoms with E-state index >= 15 is 0 Å². The largest absolute Gasteiger partial charge is 0.386 e. The Labute approximate surface area is 106 Å². The molecule has 2 aromatic rings. The Morgan fingerprint density at radius 1 is 1.28 bits per heavy atom. The van der Waals surface area contributed by atoms with Gasteiger partial charge in [-0.2, -0.15) is 0 Å². The topological polar surface area (TPSA) is 42.4 Å². The van der Waals surface area contributed by atoms with Crippen LogP contribution in [0.3, 0.4) is 0 Å². The van der Waals surface area contributed by atoms with Crippen LogP contribution in [-0.4, -0.2) is 22.8 Å². The Balaban J connectivity index is 1.88. The molecule has 3 heteroatoms. The molecule has 1 saturated heterocycles. The van der Waals surface area contributed by atoms with E-state index in [2.05, 4.69) is 4.98 Å². The van der Waals surface area contributed by atoms with Crippen LogP contribution in [0.5, 0.6) is 0 Å². The Bertz CT molecular complexity index is 535. The highest BCUT2D eigenvalue weighted by atomic mass is 16.5. The van der Waals surface area contributed by atoms with Crippen LogP contribution in [-0.2, 0) is 4.74 Å². The molecule has 2 unspecified atom stereocenters. The quantitative estimate of drug-likeness (QED) is 0.882. The van der Waals surface area contributed by atoms with Gasteiger partial charge in [0.1, 0.15) is 6.10 Å². The van der Waals surface area contributed by atoms with Crippen LogP contribution >= 0.6 is 0 Å². The average Bonchev–Trinajstić information content (AvgIpc) is 2.47. The van der Waals surface area contributed by atoms with Crippen LogP contribution in [0.15, 0.2) is 36.5 Å². The molecule has 0 radical (unpaired) electrons. The van der Waals surface area contributed by atoms with Gasteiger partial charge in [-0.05, 0) is 43.0 Å². The first-order valence-corrected chi connectivity index (χ1v) is 6.49. The minimum absolute atomic E-state index is 0.0622. The molecule has 2 heterocycles. The summed E-state index contributed by atoms with van der Waals surface area (Å²) in [6.07, 6.45) is 4.36. The molecular formula is C15H17NO2. The number of aliphatic hydroxyl groups excluding tert-OH is 1. The standard InChI is InChI=1S/C15H17NO2/c17-15(14-5-1-2-9-18-14)12-6-7-13-11(10-12)4-3-8-16-13/h3-4,6-8,10,14-15,17H,1-2,5,9H2. The molecular weight excluding hydrogens is 226 g/mol. The Hall–Kier alpha value is -1.45. The molecule has 0 spiro atoms. The van der Waals surface area contributed by atoms with Gasteiger partial charge in [0, 0.05) is 18.2 Å². The number of ether oxygens (including phenoxy) is 1. The van der Waals surface area contributed by atoms with Gasteiger partial charge in [0.15, 0.2) is 0 Å². The Morgan fingerprint density at radius 2 is 2.22 bits per heavy atom. The van der Waals surface area contributed by atoms with Crippen LogP contribution in [0.25, 0.3) is 10.9 Å². The number of aliphatic hydroxyl groups is 1. The minimum Gasteiger partial charge on any atom is -0.386 e. The minimum atomic E-state index is -0.532. The summed E-state index contributed by atoms with van der Waals surface area (Å²) in [5.74, 6) is 0. The van der Waals surface area contributed by atoms with Gasteiger partial charge in [-0.25, -0.2) is 0 Å². The number of hydrogen-bond donors (Lipinski definition) is 1. The third kappa shape index (κ3) is 2.24. The van der Waals surface area contributed by atoms with Crippen LogP contribution in [0.2, 0.25) is 0 Å². The Morgan fingerprint density at radius 3 is 3.06 bits per heavy atom. The van der Waals surface area contributed by atoms with E-state index in [-0.39, 0.29) is 6.10 Å². The summed E-state index contributed by atoms with van der Waals surface area (Å²) < 4.78 is 5.64. The number of hydrogen-bond acceptors (Lipinski definition) is 3. The number of fused-ring (bicyclic) bond motifs is 1. The zero-order chi connectivity index (χ0) is 12.4. The van der Waals surface area contributed by atoms with Crippen LogP contribution in [0.4, 0.5) is 0 Å². The smallest absolute Gasteiger partial charge is 0.105 e. The van der Waals surface area contributed by atoms with Gasteiger partial charge in [0.2, 0.25) is 0 Å². The first-order chi connectivity index (χ1) is 8.84. The molecule has 0 amide bonds. The molecule has 1 aromatic heterocycles. The number of aromatic nitrogens is 1. The fraction of sp³-hybridized carbons (Fsp3) is 0.400. The summed E-state index contributed by atoms with van der Waals surface area (Å²) in [6.45, 7) is 0.761. The molecule has 1 aliphatic rings. The van der Waals surface area contributed by atoms with Gasteiger partial charge in [-0.1, -0.05) is 12.1 Å². The van der Waals surface area contributed by atoms with Crippen molar-refractivity contribution in [2.75, 3.05) is 6.61 Å². The monoisotopic (exact) mass is 243 g/mol. The van der Waals surface area contributed by atoms with Crippen molar-refractivity contribution in [2.24, 2.45) is 0 Å². The van der Waals surface area contributed by atoms with Crippen molar-refractivity contribution >= 4 is 10.9 Å². The molecule has 3 nitrogen and oxygen atoms in total. The lowest BCUT2D eigenvalue weighted by atomic mass is 9.97. The second kappa shape index (κ2) is 5.04. The molecule has 1 aliphatic heterocycles. The first-order valence-electron chi connectivity index (χ1n) is 6.49. The fourth-order valence-corrected chi connectivity index (χ4v) is 2.51. The number of benzene rings is 1. The average molecular weight is 243 g/mol. The van der Waals surface area contributed by atoms with Crippen molar-refractivity contribution < 1.29 is 9.84 Å². The van der Waals surface area contributed by atoms with E-state index in [9.17, 15) is 5.11 Å². The first kappa shape index (κ1) is 11.6. The normalized spacial score (nSPS) is 21.9. The molecule has 18 heavy (non-hydrogen) atoms. The summed E-state index contributed by atoms with van der Waals surface area (Å²) in [5.41, 5.74) is 1.88. The van der Waals surface area contributed by atoms with E-state index < -0.39 is 6.10 Å². The predicted molar refractivity (Wildman–Crippen MR) is 70.3 cm³/mol. The molecule has 94 valence electrons. The van der Waals surface area contributed by atoms with E-state index in [1.807, 2.05) is 30.3 Å². The summed E-state index contributed by atoms with van der Waals surface area (Å²) in [5, 5.41) is 11.4. The molecule has 0 aliphatic carbocycles. The van der Waals surface area contributed by atoms with E-state index in [0.29, 0.717) is 0 Å². The Kier molecular flexibility index (Phi) is 3.26. The van der Waals surface area contributed by atoms with Gasteiger partial charge in [0.05, 0.1) is 11.6 Å². The highest BCUT2D eigenvalue weighted by molar-refractivity contribution is 5.79. The zero-order valence-electron chi connectivity index (χ0n) is 10.2. The molecule has 2 atom stereocenters. The number of nitrogens with zero attached hydrogens (tertiary/aromatic N) is 1. The van der Waals surface area contributed by atoms with E-state index in [4.69, 9.17) is 4.74 Å². The zero-order valence-corrected chi connectivity index (χ0v) is 10.2. The molecule has 1 N–H and O–H groups in total. The maximum atomic E-state index is 10.4. The van der Waals surface area contributed by atoms with Gasteiger partial charge in [-0.15, -0.1) is 0 Å². The predicted octanol–water partition coefficient (Wildman–Crippen LogP) is 2.84. The molecule has 3 rings (SSSR count). The van der Waals surface area contributed by atoms with Crippen molar-refractivity contribution in [3.63, 3.8) is 0 Å². The molecule has 1 aromatic carbocycles. The van der Waals surface area contributed by atoms with Crippen molar-refractivity contribution in [3.05, 3.63) is 42.1 Å². The van der Waals surface area contributed by atoms with Crippen LogP contribution < -0.4 is 0 Å². The van der Waals surface area contributed by atoms with Crippen molar-refractivity contribution in [2.45, 2.75) is 31.5 Å². The molecule has 1 fully saturated rings. The van der Waals surface area contributed by atoms with Gasteiger partial charge in [0.25, 0.3) is 0 Å². The maximum absolute atomic E-state index is 10.4. The number of rotatable bonds is 2. The van der Waals surface area contributed by atoms with Gasteiger partial charge >= 0.3 is 0 Å². The fourth-order valence-electron chi connectivity index (χ4n) is 2.51.